The number of benzene rings is 2. The highest BCUT2D eigenvalue weighted by atomic mass is 14.4. The van der Waals surface area contributed by atoms with Crippen LogP contribution in [0, 0.1) is 22.7 Å². The van der Waals surface area contributed by atoms with Gasteiger partial charge in [-0.3, -0.25) is 0 Å². The largest absolute Gasteiger partial charge is 0.192 e. The fourth-order valence-electron chi connectivity index (χ4n) is 4.32. The second-order valence-electron chi connectivity index (χ2n) is 13.1. The van der Waals surface area contributed by atoms with E-state index in [0.29, 0.717) is 11.1 Å². The molecule has 0 fully saturated rings. The predicted molar refractivity (Wildman–Crippen MR) is 136 cm³/mol. The van der Waals surface area contributed by atoms with Crippen molar-refractivity contribution in [3.05, 3.63) is 57.6 Å². The van der Waals surface area contributed by atoms with Crippen molar-refractivity contribution in [3.8, 4) is 23.3 Å². The van der Waals surface area contributed by atoms with Crippen molar-refractivity contribution in [3.63, 3.8) is 0 Å². The minimum atomic E-state index is -0.152. The van der Waals surface area contributed by atoms with Gasteiger partial charge in [0, 0.05) is 0 Å². The summed E-state index contributed by atoms with van der Waals surface area (Å²) < 4.78 is 0. The lowest BCUT2D eigenvalue weighted by molar-refractivity contribution is 0.558. The molecule has 2 nitrogen and oxygen atoms in total. The first-order chi connectivity index (χ1) is 14.3. The zero-order valence-corrected chi connectivity index (χ0v) is 22.2. The molecule has 2 aromatic rings. The number of nitrogens with zero attached hydrogens (tertiary/aromatic N) is 2. The molecule has 0 aliphatic heterocycles. The van der Waals surface area contributed by atoms with Crippen LogP contribution in [0.15, 0.2) is 24.3 Å². The Hall–Kier alpha value is -2.58. The summed E-state index contributed by atoms with van der Waals surface area (Å²) in [7, 11) is 0. The maximum atomic E-state index is 9.83. The minimum Gasteiger partial charge on any atom is -0.192 e. The van der Waals surface area contributed by atoms with Crippen molar-refractivity contribution in [1.82, 2.24) is 0 Å². The number of hydrogen-bond acceptors (Lipinski definition) is 2. The average Bonchev–Trinajstić information content (AvgIpc) is 2.63. The van der Waals surface area contributed by atoms with E-state index in [1.54, 1.807) is 0 Å². The van der Waals surface area contributed by atoms with Gasteiger partial charge in [0.05, 0.1) is 23.3 Å². The Labute approximate surface area is 196 Å². The number of hydrogen-bond donors (Lipinski definition) is 0. The van der Waals surface area contributed by atoms with Crippen LogP contribution in [-0.2, 0) is 21.7 Å². The fourth-order valence-corrected chi connectivity index (χ4v) is 4.32. The summed E-state index contributed by atoms with van der Waals surface area (Å²) >= 11 is 0. The van der Waals surface area contributed by atoms with Gasteiger partial charge in [0.25, 0.3) is 0 Å². The molecule has 2 aromatic carbocycles. The van der Waals surface area contributed by atoms with Crippen molar-refractivity contribution in [1.29, 1.82) is 10.5 Å². The minimum absolute atomic E-state index is 0.152. The van der Waals surface area contributed by atoms with Gasteiger partial charge in [-0.05, 0) is 79.3 Å². The first kappa shape index (κ1) is 25.7. The van der Waals surface area contributed by atoms with Gasteiger partial charge >= 0.3 is 0 Å². The molecule has 0 saturated carbocycles. The van der Waals surface area contributed by atoms with Crippen LogP contribution in [0.5, 0.6) is 0 Å². The van der Waals surface area contributed by atoms with Crippen molar-refractivity contribution in [2.75, 3.05) is 0 Å². The third-order valence-corrected chi connectivity index (χ3v) is 6.02. The first-order valence-corrected chi connectivity index (χ1v) is 11.5. The molecule has 0 saturated heterocycles. The van der Waals surface area contributed by atoms with Gasteiger partial charge in [0.2, 0.25) is 0 Å². The van der Waals surface area contributed by atoms with Crippen LogP contribution in [0.25, 0.3) is 11.1 Å². The van der Waals surface area contributed by atoms with Crippen LogP contribution >= 0.6 is 0 Å². The lowest BCUT2D eigenvalue weighted by atomic mass is 9.67. The Morgan fingerprint density at radius 2 is 0.625 bits per heavy atom. The highest BCUT2D eigenvalue weighted by Crippen LogP contribution is 2.48. The lowest BCUT2D eigenvalue weighted by Crippen LogP contribution is -2.25. The quantitative estimate of drug-likeness (QED) is 0.458. The summed E-state index contributed by atoms with van der Waals surface area (Å²) in [5, 5.41) is 19.7. The Balaban J connectivity index is 3.34. The lowest BCUT2D eigenvalue weighted by Gasteiger charge is -2.36. The normalized spacial score (nSPS) is 12.9. The van der Waals surface area contributed by atoms with Crippen molar-refractivity contribution < 1.29 is 0 Å². The van der Waals surface area contributed by atoms with Crippen molar-refractivity contribution >= 4 is 0 Å². The van der Waals surface area contributed by atoms with Gasteiger partial charge in [0.1, 0.15) is 0 Å². The standard InChI is InChI=1S/C30H40N2/c1-27(2,3)21-13-19(17-31)14-22(28(4,5)6)25(21)26-23(29(7,8)9)15-20(18-32)16-24(26)30(10,11)12/h13-16H,1-12H3. The molecule has 0 radical (unpaired) electrons. The Morgan fingerprint density at radius 1 is 0.438 bits per heavy atom. The molecule has 0 spiro atoms. The Morgan fingerprint density at radius 3 is 0.750 bits per heavy atom. The highest BCUT2D eigenvalue weighted by Gasteiger charge is 2.34. The second kappa shape index (κ2) is 8.08. The van der Waals surface area contributed by atoms with Gasteiger partial charge in [-0.2, -0.15) is 10.5 Å². The Kier molecular flexibility index (Phi) is 6.49. The van der Waals surface area contributed by atoms with Gasteiger partial charge in [0.15, 0.2) is 0 Å². The van der Waals surface area contributed by atoms with E-state index in [4.69, 9.17) is 0 Å². The molecule has 0 amide bonds. The Bertz CT molecular complexity index is 945. The van der Waals surface area contributed by atoms with E-state index in [1.807, 2.05) is 0 Å². The third kappa shape index (κ3) is 5.07. The molecule has 0 unspecified atom stereocenters. The highest BCUT2D eigenvalue weighted by molar-refractivity contribution is 5.82. The topological polar surface area (TPSA) is 47.6 Å². The number of nitriles is 2. The fraction of sp³-hybridized carbons (Fsp3) is 0.533. The maximum absolute atomic E-state index is 9.83. The molecule has 2 rings (SSSR count). The van der Waals surface area contributed by atoms with Gasteiger partial charge in [-0.15, -0.1) is 0 Å². The van der Waals surface area contributed by atoms with Gasteiger partial charge in [-0.1, -0.05) is 83.1 Å². The van der Waals surface area contributed by atoms with E-state index in [2.05, 4.69) is 119 Å². The molecule has 0 aliphatic carbocycles. The molecule has 0 heterocycles. The van der Waals surface area contributed by atoms with Crippen LogP contribution in [0.3, 0.4) is 0 Å². The zero-order valence-electron chi connectivity index (χ0n) is 22.2. The van der Waals surface area contributed by atoms with Crippen LogP contribution in [0.4, 0.5) is 0 Å². The summed E-state index contributed by atoms with van der Waals surface area (Å²) in [6.07, 6.45) is 0. The van der Waals surface area contributed by atoms with Crippen LogP contribution < -0.4 is 0 Å². The monoisotopic (exact) mass is 428 g/mol. The predicted octanol–water partition coefficient (Wildman–Crippen LogP) is 8.29. The van der Waals surface area contributed by atoms with Crippen LogP contribution in [0.2, 0.25) is 0 Å². The molecule has 32 heavy (non-hydrogen) atoms. The molecule has 0 atom stereocenters. The second-order valence-corrected chi connectivity index (χ2v) is 13.1. The third-order valence-electron chi connectivity index (χ3n) is 6.02. The smallest absolute Gasteiger partial charge is 0.0991 e. The molecular formula is C30H40N2. The molecule has 0 bridgehead atoms. The SMILES string of the molecule is CC(C)(C)c1cc(C#N)cc(C(C)(C)C)c1-c1c(C(C)(C)C)cc(C#N)cc1C(C)(C)C. The average molecular weight is 429 g/mol. The van der Waals surface area contributed by atoms with Crippen molar-refractivity contribution in [2.24, 2.45) is 0 Å². The molecule has 2 heteroatoms. The van der Waals surface area contributed by atoms with Crippen LogP contribution in [0.1, 0.15) is 116 Å². The molecule has 0 aromatic heterocycles. The summed E-state index contributed by atoms with van der Waals surface area (Å²) in [5.41, 5.74) is 7.97. The molecule has 0 N–H and O–H groups in total. The molecular weight excluding hydrogens is 388 g/mol. The van der Waals surface area contributed by atoms with Crippen LogP contribution in [-0.4, -0.2) is 0 Å². The maximum Gasteiger partial charge on any atom is 0.0991 e. The van der Waals surface area contributed by atoms with E-state index in [1.165, 1.54) is 33.4 Å². The van der Waals surface area contributed by atoms with E-state index < -0.39 is 0 Å². The van der Waals surface area contributed by atoms with E-state index >= 15 is 0 Å². The zero-order chi connectivity index (χ0) is 24.9. The molecule has 170 valence electrons. The number of rotatable bonds is 1. The summed E-state index contributed by atoms with van der Waals surface area (Å²) in [5.74, 6) is 0. The summed E-state index contributed by atoms with van der Waals surface area (Å²) in [6.45, 7) is 26.6. The van der Waals surface area contributed by atoms with E-state index in [-0.39, 0.29) is 21.7 Å². The van der Waals surface area contributed by atoms with E-state index in [9.17, 15) is 10.5 Å². The first-order valence-electron chi connectivity index (χ1n) is 11.5. The summed E-state index contributed by atoms with van der Waals surface area (Å²) in [4.78, 5) is 0. The van der Waals surface area contributed by atoms with E-state index in [0.717, 1.165) is 0 Å². The van der Waals surface area contributed by atoms with Crippen molar-refractivity contribution in [2.45, 2.75) is 105 Å². The molecule has 0 aliphatic rings. The summed E-state index contributed by atoms with van der Waals surface area (Å²) in [6, 6.07) is 13.1. The van der Waals surface area contributed by atoms with Gasteiger partial charge < -0.3 is 0 Å². The van der Waals surface area contributed by atoms with Gasteiger partial charge in [-0.25, -0.2) is 0 Å².